The number of carbonyl (C=O) groups is 1. The van der Waals surface area contributed by atoms with Gasteiger partial charge in [0.25, 0.3) is 0 Å². The summed E-state index contributed by atoms with van der Waals surface area (Å²) in [6, 6.07) is 0.674. The van der Waals surface area contributed by atoms with Crippen LogP contribution < -0.4 is 5.73 Å². The molecule has 0 unspecified atom stereocenters. The minimum Gasteiger partial charge on any atom is -0.466 e. The Bertz CT molecular complexity index is 426. The molecule has 0 saturated heterocycles. The summed E-state index contributed by atoms with van der Waals surface area (Å²) in [6.07, 6.45) is -5.00. The van der Waals surface area contributed by atoms with Crippen LogP contribution in [0.2, 0.25) is 0 Å². The van der Waals surface area contributed by atoms with E-state index >= 15 is 0 Å². The average molecular weight is 286 g/mol. The number of rotatable bonds is 3. The van der Waals surface area contributed by atoms with E-state index in [2.05, 4.69) is 14.7 Å². The molecule has 0 radical (unpaired) electrons. The Morgan fingerprint density at radius 2 is 2.06 bits per heavy atom. The SMILES string of the molecule is CCOC(=O)Cc1cc(C(F)(F)F)nc(N)n1.Cl. The Morgan fingerprint density at radius 1 is 1.44 bits per heavy atom. The number of nitrogens with zero attached hydrogens (tertiary/aromatic N) is 2. The van der Waals surface area contributed by atoms with Gasteiger partial charge in [0.05, 0.1) is 18.7 Å². The number of esters is 1. The zero-order valence-corrected chi connectivity index (χ0v) is 10.1. The summed E-state index contributed by atoms with van der Waals surface area (Å²) in [7, 11) is 0. The number of nitrogen functional groups attached to an aromatic ring is 1. The molecular formula is C9H11ClF3N3O2. The summed E-state index contributed by atoms with van der Waals surface area (Å²) in [6.45, 7) is 1.74. The Morgan fingerprint density at radius 3 is 2.56 bits per heavy atom. The first-order valence-electron chi connectivity index (χ1n) is 4.69. The van der Waals surface area contributed by atoms with Gasteiger partial charge >= 0.3 is 12.1 Å². The van der Waals surface area contributed by atoms with E-state index in [1.54, 1.807) is 6.92 Å². The summed E-state index contributed by atoms with van der Waals surface area (Å²) in [5.41, 5.74) is 3.83. The van der Waals surface area contributed by atoms with Gasteiger partial charge in [-0.3, -0.25) is 4.79 Å². The lowest BCUT2D eigenvalue weighted by atomic mass is 10.2. The Labute approximate surface area is 107 Å². The van der Waals surface area contributed by atoms with Crippen LogP contribution in [0.15, 0.2) is 6.07 Å². The maximum Gasteiger partial charge on any atom is 0.433 e. The first-order valence-corrected chi connectivity index (χ1v) is 4.69. The van der Waals surface area contributed by atoms with Crippen LogP contribution in [-0.2, 0) is 22.1 Å². The lowest BCUT2D eigenvalue weighted by molar-refractivity contribution is -0.143. The highest BCUT2D eigenvalue weighted by Crippen LogP contribution is 2.28. The third-order valence-electron chi connectivity index (χ3n) is 1.72. The molecule has 1 aromatic heterocycles. The molecule has 102 valence electrons. The van der Waals surface area contributed by atoms with E-state index in [1.807, 2.05) is 0 Å². The van der Waals surface area contributed by atoms with Gasteiger partial charge in [0.1, 0.15) is 5.69 Å². The highest BCUT2D eigenvalue weighted by atomic mass is 35.5. The van der Waals surface area contributed by atoms with Crippen molar-refractivity contribution in [1.29, 1.82) is 0 Å². The predicted octanol–water partition coefficient (Wildman–Crippen LogP) is 1.60. The number of halogens is 4. The summed E-state index contributed by atoms with van der Waals surface area (Å²) >= 11 is 0. The molecular weight excluding hydrogens is 275 g/mol. The van der Waals surface area contributed by atoms with Crippen LogP contribution in [0.1, 0.15) is 18.3 Å². The summed E-state index contributed by atoms with van der Waals surface area (Å²) in [4.78, 5) is 17.7. The molecule has 0 bridgehead atoms. The second-order valence-corrected chi connectivity index (χ2v) is 3.08. The molecule has 0 saturated carbocycles. The molecule has 0 aromatic carbocycles. The van der Waals surface area contributed by atoms with Crippen molar-refractivity contribution in [3.05, 3.63) is 17.5 Å². The van der Waals surface area contributed by atoms with Crippen LogP contribution in [0.25, 0.3) is 0 Å². The number of ether oxygens (including phenoxy) is 1. The van der Waals surface area contributed by atoms with Crippen molar-refractivity contribution >= 4 is 24.3 Å². The van der Waals surface area contributed by atoms with Crippen molar-refractivity contribution in [2.24, 2.45) is 0 Å². The lowest BCUT2D eigenvalue weighted by Crippen LogP contribution is -2.15. The summed E-state index contributed by atoms with van der Waals surface area (Å²) in [5, 5.41) is 0. The Kier molecular flexibility index (Phi) is 5.83. The van der Waals surface area contributed by atoms with Gasteiger partial charge in [-0.1, -0.05) is 0 Å². The number of hydrogen-bond acceptors (Lipinski definition) is 5. The van der Waals surface area contributed by atoms with E-state index in [1.165, 1.54) is 0 Å². The summed E-state index contributed by atoms with van der Waals surface area (Å²) in [5.74, 6) is -1.20. The monoisotopic (exact) mass is 285 g/mol. The minimum absolute atomic E-state index is 0. The van der Waals surface area contributed by atoms with E-state index in [4.69, 9.17) is 5.73 Å². The lowest BCUT2D eigenvalue weighted by Gasteiger charge is -2.08. The van der Waals surface area contributed by atoms with Crippen molar-refractivity contribution < 1.29 is 22.7 Å². The molecule has 1 aromatic rings. The van der Waals surface area contributed by atoms with Crippen molar-refractivity contribution in [2.75, 3.05) is 12.3 Å². The largest absolute Gasteiger partial charge is 0.466 e. The van der Waals surface area contributed by atoms with Crippen LogP contribution in [0, 0.1) is 0 Å². The van der Waals surface area contributed by atoms with Crippen molar-refractivity contribution in [3.8, 4) is 0 Å². The standard InChI is InChI=1S/C9H10F3N3O2.ClH/c1-2-17-7(16)4-5-3-6(9(10,11)12)15-8(13)14-5;/h3H,2,4H2,1H3,(H2,13,14,15);1H. The van der Waals surface area contributed by atoms with E-state index in [0.29, 0.717) is 6.07 Å². The van der Waals surface area contributed by atoms with Gasteiger partial charge in [-0.25, -0.2) is 9.97 Å². The molecule has 0 atom stereocenters. The molecule has 0 amide bonds. The number of anilines is 1. The van der Waals surface area contributed by atoms with Gasteiger partial charge in [-0.2, -0.15) is 13.2 Å². The molecule has 0 aliphatic rings. The van der Waals surface area contributed by atoms with Crippen LogP contribution in [0.5, 0.6) is 0 Å². The predicted molar refractivity (Wildman–Crippen MR) is 59.0 cm³/mol. The Balaban J connectivity index is 0.00000289. The van der Waals surface area contributed by atoms with Gasteiger partial charge in [-0.15, -0.1) is 12.4 Å². The number of hydrogen-bond donors (Lipinski definition) is 1. The van der Waals surface area contributed by atoms with Crippen LogP contribution in [0.4, 0.5) is 19.1 Å². The fourth-order valence-electron chi connectivity index (χ4n) is 1.11. The first-order chi connectivity index (χ1) is 7.82. The molecule has 18 heavy (non-hydrogen) atoms. The quantitative estimate of drug-likeness (QED) is 0.854. The highest BCUT2D eigenvalue weighted by molar-refractivity contribution is 5.85. The smallest absolute Gasteiger partial charge is 0.433 e. The summed E-state index contributed by atoms with van der Waals surface area (Å²) < 4.78 is 41.7. The normalized spacial score (nSPS) is 10.7. The van der Waals surface area contributed by atoms with Crippen molar-refractivity contribution in [2.45, 2.75) is 19.5 Å². The van der Waals surface area contributed by atoms with E-state index in [0.717, 1.165) is 0 Å². The zero-order valence-electron chi connectivity index (χ0n) is 9.32. The highest BCUT2D eigenvalue weighted by Gasteiger charge is 2.33. The maximum atomic E-state index is 12.4. The third-order valence-corrected chi connectivity index (χ3v) is 1.72. The number of alkyl halides is 3. The molecule has 0 fully saturated rings. The molecule has 1 rings (SSSR count). The first kappa shape index (κ1) is 16.4. The van der Waals surface area contributed by atoms with Gasteiger partial charge in [-0.05, 0) is 13.0 Å². The fraction of sp³-hybridized carbons (Fsp3) is 0.444. The molecule has 0 aliphatic heterocycles. The second kappa shape index (κ2) is 6.39. The second-order valence-electron chi connectivity index (χ2n) is 3.08. The number of carbonyl (C=O) groups excluding carboxylic acids is 1. The third kappa shape index (κ3) is 4.74. The number of nitrogens with two attached hydrogens (primary N) is 1. The maximum absolute atomic E-state index is 12.4. The fourth-order valence-corrected chi connectivity index (χ4v) is 1.11. The Hall–Kier alpha value is -1.57. The molecule has 9 heteroatoms. The van der Waals surface area contributed by atoms with Gasteiger partial charge < -0.3 is 10.5 Å². The molecule has 0 aliphatic carbocycles. The zero-order chi connectivity index (χ0) is 13.1. The van der Waals surface area contributed by atoms with Gasteiger partial charge in [0.15, 0.2) is 0 Å². The molecule has 1 heterocycles. The molecule has 5 nitrogen and oxygen atoms in total. The van der Waals surface area contributed by atoms with Gasteiger partial charge in [0, 0.05) is 0 Å². The van der Waals surface area contributed by atoms with E-state index in [-0.39, 0.29) is 31.1 Å². The van der Waals surface area contributed by atoms with Crippen LogP contribution in [0.3, 0.4) is 0 Å². The van der Waals surface area contributed by atoms with E-state index in [9.17, 15) is 18.0 Å². The molecule has 0 spiro atoms. The van der Waals surface area contributed by atoms with Crippen LogP contribution in [-0.4, -0.2) is 22.5 Å². The van der Waals surface area contributed by atoms with E-state index < -0.39 is 23.8 Å². The van der Waals surface area contributed by atoms with Crippen LogP contribution >= 0.6 is 12.4 Å². The van der Waals surface area contributed by atoms with Crippen molar-refractivity contribution in [1.82, 2.24) is 9.97 Å². The van der Waals surface area contributed by atoms with Gasteiger partial charge in [0.2, 0.25) is 5.95 Å². The number of aromatic nitrogens is 2. The molecule has 2 N–H and O–H groups in total. The average Bonchev–Trinajstić information content (AvgIpc) is 2.15. The van der Waals surface area contributed by atoms with Crippen molar-refractivity contribution in [3.63, 3.8) is 0 Å². The topological polar surface area (TPSA) is 78.1 Å². The minimum atomic E-state index is -4.62.